The van der Waals surface area contributed by atoms with E-state index in [9.17, 15) is 19.2 Å². The first-order valence-corrected chi connectivity index (χ1v) is 16.3. The van der Waals surface area contributed by atoms with Crippen LogP contribution in [0.5, 0.6) is 11.5 Å². The molecule has 0 bridgehead atoms. The van der Waals surface area contributed by atoms with E-state index in [-0.39, 0.29) is 23.8 Å². The molecule has 3 unspecified atom stereocenters. The number of rotatable bonds is 18. The van der Waals surface area contributed by atoms with Crippen molar-refractivity contribution in [3.63, 3.8) is 0 Å². The molecule has 0 saturated heterocycles. The predicted molar refractivity (Wildman–Crippen MR) is 178 cm³/mol. The fourth-order valence-corrected chi connectivity index (χ4v) is 4.32. The lowest BCUT2D eigenvalue weighted by atomic mass is 10.0. The maximum atomic E-state index is 12.7. The fourth-order valence-electron chi connectivity index (χ4n) is 4.32. The quantitative estimate of drug-likeness (QED) is 0.0587. The van der Waals surface area contributed by atoms with E-state index in [0.29, 0.717) is 12.2 Å². The van der Waals surface area contributed by atoms with E-state index in [1.165, 1.54) is 63.8 Å². The van der Waals surface area contributed by atoms with E-state index in [1.54, 1.807) is 12.1 Å². The molecule has 3 atom stereocenters. The summed E-state index contributed by atoms with van der Waals surface area (Å²) < 4.78 is 26.7. The van der Waals surface area contributed by atoms with Crippen LogP contribution >= 0.6 is 0 Å². The van der Waals surface area contributed by atoms with Crippen molar-refractivity contribution in [1.29, 1.82) is 0 Å². The van der Waals surface area contributed by atoms with Crippen LogP contribution in [0.1, 0.15) is 93.9 Å². The molecule has 252 valence electrons. The lowest BCUT2D eigenvalue weighted by molar-refractivity contribution is -0.172. The largest absolute Gasteiger partial charge is 0.494 e. The monoisotopic (exact) mass is 646 g/mol. The summed E-state index contributed by atoms with van der Waals surface area (Å²) in [5, 5.41) is 0. The third kappa shape index (κ3) is 12.2. The maximum Gasteiger partial charge on any atom is 0.348 e. The van der Waals surface area contributed by atoms with Crippen molar-refractivity contribution in [1.82, 2.24) is 0 Å². The summed E-state index contributed by atoms with van der Waals surface area (Å²) in [6, 6.07) is 20.7. The summed E-state index contributed by atoms with van der Waals surface area (Å²) in [4.78, 5) is 49.7. The molecule has 9 nitrogen and oxygen atoms in total. The van der Waals surface area contributed by atoms with E-state index >= 15 is 0 Å². The Bertz CT molecular complexity index is 1430. The lowest BCUT2D eigenvalue weighted by Gasteiger charge is -2.17. The Morgan fingerprint density at radius 2 is 1.13 bits per heavy atom. The number of benzene rings is 3. The Kier molecular flexibility index (Phi) is 15.0. The molecule has 0 heterocycles. The van der Waals surface area contributed by atoms with Crippen LogP contribution in [-0.4, -0.2) is 49.3 Å². The zero-order valence-electron chi connectivity index (χ0n) is 28.0. The first kappa shape index (κ1) is 36.8. The standard InChI is InChI=1S/C38H46O9/c1-6-8-9-10-11-24-43-33-20-16-30(17-21-33)29-12-14-31(15-13-29)38(42)47-34-22-18-32(19-23-34)37(41)46-28(5)36(40)45-27(4)35(39)44-25-26(3)7-2/h12-23,26-28H,6-11,24-25H2,1-5H3. The summed E-state index contributed by atoms with van der Waals surface area (Å²) in [7, 11) is 0. The summed E-state index contributed by atoms with van der Waals surface area (Å²) in [6.07, 6.45) is 4.41. The molecule has 3 aromatic rings. The SMILES string of the molecule is CCCCCCCOc1ccc(-c2ccc(C(=O)Oc3ccc(C(=O)OC(C)C(=O)OC(C)C(=O)OCC(C)CC)cc3)cc2)cc1. The lowest BCUT2D eigenvalue weighted by Crippen LogP contribution is -2.33. The van der Waals surface area contributed by atoms with Crippen LogP contribution in [0.2, 0.25) is 0 Å². The fraction of sp³-hybridized carbons (Fsp3) is 0.421. The van der Waals surface area contributed by atoms with Gasteiger partial charge in [-0.3, -0.25) is 0 Å². The third-order valence-corrected chi connectivity index (χ3v) is 7.57. The Balaban J connectivity index is 1.46. The smallest absolute Gasteiger partial charge is 0.348 e. The van der Waals surface area contributed by atoms with Crippen molar-refractivity contribution < 1.29 is 42.9 Å². The van der Waals surface area contributed by atoms with Crippen LogP contribution in [0.25, 0.3) is 11.1 Å². The summed E-state index contributed by atoms with van der Waals surface area (Å²) in [6.45, 7) is 9.80. The number of hydrogen-bond donors (Lipinski definition) is 0. The molecule has 0 spiro atoms. The second-order valence-electron chi connectivity index (χ2n) is 11.5. The highest BCUT2D eigenvalue weighted by molar-refractivity contribution is 5.93. The van der Waals surface area contributed by atoms with E-state index in [4.69, 9.17) is 23.7 Å². The number of unbranched alkanes of at least 4 members (excludes halogenated alkanes) is 4. The topological polar surface area (TPSA) is 114 Å². The molecule has 47 heavy (non-hydrogen) atoms. The van der Waals surface area contributed by atoms with Gasteiger partial charge in [-0.1, -0.05) is 77.1 Å². The molecule has 0 saturated carbocycles. The molecular weight excluding hydrogens is 600 g/mol. The molecule has 0 N–H and O–H groups in total. The summed E-state index contributed by atoms with van der Waals surface area (Å²) >= 11 is 0. The van der Waals surface area contributed by atoms with E-state index in [1.807, 2.05) is 50.2 Å². The van der Waals surface area contributed by atoms with E-state index in [0.717, 1.165) is 29.7 Å². The van der Waals surface area contributed by atoms with E-state index in [2.05, 4.69) is 6.92 Å². The van der Waals surface area contributed by atoms with Gasteiger partial charge in [-0.2, -0.15) is 0 Å². The van der Waals surface area contributed by atoms with Crippen LogP contribution in [0.3, 0.4) is 0 Å². The zero-order valence-corrected chi connectivity index (χ0v) is 28.0. The highest BCUT2D eigenvalue weighted by atomic mass is 16.6. The Morgan fingerprint density at radius 3 is 1.74 bits per heavy atom. The predicted octanol–water partition coefficient (Wildman–Crippen LogP) is 7.99. The van der Waals surface area contributed by atoms with Gasteiger partial charge in [0.1, 0.15) is 11.5 Å². The number of carbonyl (C=O) groups is 4. The van der Waals surface area contributed by atoms with Crippen molar-refractivity contribution in [2.45, 2.75) is 85.4 Å². The average molecular weight is 647 g/mol. The normalized spacial score (nSPS) is 12.7. The Hall–Kier alpha value is -4.66. The number of ether oxygens (including phenoxy) is 5. The number of esters is 4. The highest BCUT2D eigenvalue weighted by Gasteiger charge is 2.26. The van der Waals surface area contributed by atoms with Crippen LogP contribution in [0, 0.1) is 5.92 Å². The molecule has 0 aromatic heterocycles. The highest BCUT2D eigenvalue weighted by Crippen LogP contribution is 2.24. The molecular formula is C38H46O9. The van der Waals surface area contributed by atoms with Crippen LogP contribution in [-0.2, 0) is 23.8 Å². The van der Waals surface area contributed by atoms with Crippen molar-refractivity contribution in [2.24, 2.45) is 5.92 Å². The molecule has 9 heteroatoms. The molecule has 3 aromatic carbocycles. The second-order valence-corrected chi connectivity index (χ2v) is 11.5. The van der Waals surface area contributed by atoms with Crippen molar-refractivity contribution in [3.8, 4) is 22.6 Å². The summed E-state index contributed by atoms with van der Waals surface area (Å²) in [5.74, 6) is -1.63. The zero-order chi connectivity index (χ0) is 34.2. The maximum absolute atomic E-state index is 12.7. The van der Waals surface area contributed by atoms with Gasteiger partial charge >= 0.3 is 23.9 Å². The first-order chi connectivity index (χ1) is 22.6. The van der Waals surface area contributed by atoms with Crippen LogP contribution in [0.4, 0.5) is 0 Å². The van der Waals surface area contributed by atoms with Crippen LogP contribution in [0.15, 0.2) is 72.8 Å². The molecule has 0 fully saturated rings. The van der Waals surface area contributed by atoms with Gasteiger partial charge in [0, 0.05) is 0 Å². The summed E-state index contributed by atoms with van der Waals surface area (Å²) in [5.41, 5.74) is 2.45. The van der Waals surface area contributed by atoms with Gasteiger partial charge in [0.05, 0.1) is 24.3 Å². The molecule has 0 aliphatic heterocycles. The van der Waals surface area contributed by atoms with Gasteiger partial charge in [0.2, 0.25) is 0 Å². The van der Waals surface area contributed by atoms with Crippen molar-refractivity contribution in [3.05, 3.63) is 83.9 Å². The van der Waals surface area contributed by atoms with Gasteiger partial charge in [-0.15, -0.1) is 0 Å². The van der Waals surface area contributed by atoms with Gasteiger partial charge in [-0.05, 0) is 85.8 Å². The third-order valence-electron chi connectivity index (χ3n) is 7.57. The first-order valence-electron chi connectivity index (χ1n) is 16.3. The molecule has 0 aliphatic rings. The molecule has 0 aliphatic carbocycles. The average Bonchev–Trinajstić information content (AvgIpc) is 3.09. The van der Waals surface area contributed by atoms with E-state index < -0.39 is 36.1 Å². The van der Waals surface area contributed by atoms with Crippen LogP contribution < -0.4 is 9.47 Å². The van der Waals surface area contributed by atoms with Crippen molar-refractivity contribution in [2.75, 3.05) is 13.2 Å². The van der Waals surface area contributed by atoms with Gasteiger partial charge in [0.15, 0.2) is 12.2 Å². The minimum absolute atomic E-state index is 0.137. The van der Waals surface area contributed by atoms with Gasteiger partial charge in [0.25, 0.3) is 0 Å². The second kappa shape index (κ2) is 19.1. The molecule has 3 rings (SSSR count). The minimum atomic E-state index is -1.26. The van der Waals surface area contributed by atoms with Crippen molar-refractivity contribution >= 4 is 23.9 Å². The molecule has 0 radical (unpaired) electrons. The number of hydrogen-bond acceptors (Lipinski definition) is 9. The van der Waals surface area contributed by atoms with Gasteiger partial charge in [-0.25, -0.2) is 19.2 Å². The molecule has 0 amide bonds. The number of carbonyl (C=O) groups excluding carboxylic acids is 4. The minimum Gasteiger partial charge on any atom is -0.494 e. The van der Waals surface area contributed by atoms with Gasteiger partial charge < -0.3 is 23.7 Å². The Labute approximate surface area is 277 Å². The Morgan fingerprint density at radius 1 is 0.596 bits per heavy atom.